The first-order valence-electron chi connectivity index (χ1n) is 11.6. The van der Waals surface area contributed by atoms with Gasteiger partial charge in [-0.25, -0.2) is 4.98 Å². The second-order valence-electron chi connectivity index (χ2n) is 8.42. The molecule has 3 aromatic heterocycles. The fraction of sp³-hybridized carbons (Fsp3) is 0.107. The van der Waals surface area contributed by atoms with Gasteiger partial charge in [-0.2, -0.15) is 0 Å². The average molecular weight is 491 g/mol. The number of aromatic nitrogens is 6. The maximum absolute atomic E-state index is 5.56. The molecule has 8 heteroatoms. The van der Waals surface area contributed by atoms with Gasteiger partial charge in [0.05, 0.1) is 17.0 Å². The number of aryl methyl sites for hydroxylation is 2. The first-order valence-corrected chi connectivity index (χ1v) is 12.5. The zero-order valence-corrected chi connectivity index (χ0v) is 20.6. The Labute approximate surface area is 212 Å². The van der Waals surface area contributed by atoms with Gasteiger partial charge in [-0.1, -0.05) is 78.0 Å². The van der Waals surface area contributed by atoms with Gasteiger partial charge in [0.25, 0.3) is 0 Å². The van der Waals surface area contributed by atoms with Crippen LogP contribution in [-0.2, 0) is 5.75 Å². The van der Waals surface area contributed by atoms with Gasteiger partial charge in [0.1, 0.15) is 0 Å². The largest absolute Gasteiger partial charge is 0.425 e. The highest BCUT2D eigenvalue weighted by atomic mass is 32.2. The van der Waals surface area contributed by atoms with Crippen molar-refractivity contribution in [2.24, 2.45) is 0 Å². The molecule has 3 aromatic carbocycles. The maximum atomic E-state index is 5.56. The smallest absolute Gasteiger partial charge is 0.226 e. The highest BCUT2D eigenvalue weighted by Gasteiger charge is 2.20. The number of thioether (sulfide) groups is 1. The van der Waals surface area contributed by atoms with Gasteiger partial charge in [0.2, 0.25) is 11.8 Å². The van der Waals surface area contributed by atoms with Crippen molar-refractivity contribution in [1.82, 2.24) is 29.9 Å². The highest BCUT2D eigenvalue weighted by Crippen LogP contribution is 2.35. The molecule has 0 N–H and O–H groups in total. The number of para-hydroxylation sites is 2. The first kappa shape index (κ1) is 22.2. The van der Waals surface area contributed by atoms with Gasteiger partial charge in [0, 0.05) is 29.1 Å². The van der Waals surface area contributed by atoms with E-state index in [-0.39, 0.29) is 0 Å². The lowest BCUT2D eigenvalue weighted by molar-refractivity contribution is 0.485. The summed E-state index contributed by atoms with van der Waals surface area (Å²) in [5.74, 6) is 2.34. The Morgan fingerprint density at radius 1 is 0.806 bits per heavy atom. The van der Waals surface area contributed by atoms with Crippen molar-refractivity contribution in [2.75, 3.05) is 0 Å². The monoisotopic (exact) mass is 490 g/mol. The number of benzene rings is 3. The van der Waals surface area contributed by atoms with Crippen LogP contribution >= 0.6 is 11.8 Å². The summed E-state index contributed by atoms with van der Waals surface area (Å²) in [5, 5.41) is 19.1. The van der Waals surface area contributed by atoms with Crippen LogP contribution in [0.2, 0.25) is 0 Å². The molecule has 0 amide bonds. The Morgan fingerprint density at radius 3 is 2.36 bits per heavy atom. The second-order valence-corrected chi connectivity index (χ2v) is 9.36. The minimum atomic E-state index is 0.498. The Kier molecular flexibility index (Phi) is 5.79. The Bertz CT molecular complexity index is 1660. The molecular formula is C28H22N6OS. The zero-order chi connectivity index (χ0) is 24.5. The predicted octanol–water partition coefficient (Wildman–Crippen LogP) is 6.44. The number of hydrogen-bond acceptors (Lipinski definition) is 7. The van der Waals surface area contributed by atoms with E-state index >= 15 is 0 Å². The molecule has 0 saturated carbocycles. The molecule has 0 aliphatic rings. The van der Waals surface area contributed by atoms with Crippen LogP contribution in [0, 0.1) is 13.8 Å². The summed E-state index contributed by atoms with van der Waals surface area (Å²) in [4.78, 5) is 4.96. The van der Waals surface area contributed by atoms with E-state index in [1.807, 2.05) is 36.4 Å². The fourth-order valence-electron chi connectivity index (χ4n) is 4.10. The molecule has 0 spiro atoms. The van der Waals surface area contributed by atoms with Crippen molar-refractivity contribution in [1.29, 1.82) is 0 Å². The fourth-order valence-corrected chi connectivity index (χ4v) is 4.89. The topological polar surface area (TPSA) is 82.5 Å². The standard InChI is InChI=1S/C28H22N6OS/c1-18-12-14-20(15-13-18)25-16-23(22-10-6-7-11-24(22)29-25)27-32-33-28(34(27)21-8-4-3-5-9-21)36-17-26-31-30-19(2)35-26/h3-16H,17H2,1-2H3. The number of rotatable bonds is 6. The molecule has 0 atom stereocenters. The number of pyridine rings is 1. The van der Waals surface area contributed by atoms with Gasteiger partial charge >= 0.3 is 0 Å². The lowest BCUT2D eigenvalue weighted by Gasteiger charge is -2.13. The molecule has 0 aliphatic carbocycles. The van der Waals surface area contributed by atoms with Crippen LogP contribution in [0.4, 0.5) is 0 Å². The Hall–Kier alpha value is -4.30. The van der Waals surface area contributed by atoms with Crippen LogP contribution in [-0.4, -0.2) is 29.9 Å². The van der Waals surface area contributed by atoms with Crippen molar-refractivity contribution < 1.29 is 4.42 Å². The van der Waals surface area contributed by atoms with E-state index in [0.29, 0.717) is 17.5 Å². The molecule has 0 bridgehead atoms. The third-order valence-corrected chi connectivity index (χ3v) is 6.76. The van der Waals surface area contributed by atoms with Crippen molar-refractivity contribution in [2.45, 2.75) is 24.8 Å². The van der Waals surface area contributed by atoms with Crippen LogP contribution in [0.25, 0.3) is 39.2 Å². The summed E-state index contributed by atoms with van der Waals surface area (Å²) in [7, 11) is 0. The molecule has 0 aliphatic heterocycles. The lowest BCUT2D eigenvalue weighted by Crippen LogP contribution is -2.01. The van der Waals surface area contributed by atoms with Crippen LogP contribution in [0.1, 0.15) is 17.3 Å². The molecule has 7 nitrogen and oxygen atoms in total. The minimum Gasteiger partial charge on any atom is -0.425 e. The summed E-state index contributed by atoms with van der Waals surface area (Å²) in [6.45, 7) is 3.87. The van der Waals surface area contributed by atoms with Gasteiger partial charge in [-0.05, 0) is 31.2 Å². The Morgan fingerprint density at radius 2 is 1.58 bits per heavy atom. The summed E-state index contributed by atoms with van der Waals surface area (Å²) in [6, 6.07) is 28.8. The first-order chi connectivity index (χ1) is 17.7. The van der Waals surface area contributed by atoms with E-state index in [9.17, 15) is 0 Å². The average Bonchev–Trinajstić information content (AvgIpc) is 3.53. The highest BCUT2D eigenvalue weighted by molar-refractivity contribution is 7.98. The number of fused-ring (bicyclic) bond motifs is 1. The van der Waals surface area contributed by atoms with Crippen molar-refractivity contribution in [3.8, 4) is 28.3 Å². The molecule has 6 aromatic rings. The molecule has 6 rings (SSSR count). The predicted molar refractivity (Wildman–Crippen MR) is 141 cm³/mol. The van der Waals surface area contributed by atoms with Crippen molar-refractivity contribution >= 4 is 22.7 Å². The van der Waals surface area contributed by atoms with E-state index in [4.69, 9.17) is 9.40 Å². The normalized spacial score (nSPS) is 11.3. The summed E-state index contributed by atoms with van der Waals surface area (Å²) in [5.41, 5.74) is 6.00. The van der Waals surface area contributed by atoms with Gasteiger partial charge in [-0.3, -0.25) is 4.57 Å². The number of nitrogens with zero attached hydrogens (tertiary/aromatic N) is 6. The SMILES string of the molecule is Cc1ccc(-c2cc(-c3nnc(SCc4nnc(C)o4)n3-c3ccccc3)c3ccccc3n2)cc1. The van der Waals surface area contributed by atoms with Gasteiger partial charge < -0.3 is 4.42 Å². The summed E-state index contributed by atoms with van der Waals surface area (Å²) < 4.78 is 7.64. The second kappa shape index (κ2) is 9.39. The molecule has 0 fully saturated rings. The molecule has 0 radical (unpaired) electrons. The molecule has 0 unspecified atom stereocenters. The van der Waals surface area contributed by atoms with Crippen LogP contribution in [0.5, 0.6) is 0 Å². The summed E-state index contributed by atoms with van der Waals surface area (Å²) >= 11 is 1.51. The maximum Gasteiger partial charge on any atom is 0.226 e. The quantitative estimate of drug-likeness (QED) is 0.248. The molecule has 176 valence electrons. The van der Waals surface area contributed by atoms with Crippen molar-refractivity contribution in [3.05, 3.63) is 102 Å². The van der Waals surface area contributed by atoms with Crippen molar-refractivity contribution in [3.63, 3.8) is 0 Å². The van der Waals surface area contributed by atoms with Crippen LogP contribution < -0.4 is 0 Å². The molecule has 0 saturated heterocycles. The van der Waals surface area contributed by atoms with E-state index in [0.717, 1.165) is 44.4 Å². The Balaban J connectivity index is 1.52. The third-order valence-electron chi connectivity index (χ3n) is 5.84. The summed E-state index contributed by atoms with van der Waals surface area (Å²) in [6.07, 6.45) is 0. The molecular weight excluding hydrogens is 468 g/mol. The molecule has 3 heterocycles. The van der Waals surface area contributed by atoms with E-state index in [1.54, 1.807) is 6.92 Å². The minimum absolute atomic E-state index is 0.498. The molecule has 36 heavy (non-hydrogen) atoms. The van der Waals surface area contributed by atoms with Gasteiger partial charge in [0.15, 0.2) is 11.0 Å². The van der Waals surface area contributed by atoms with Gasteiger partial charge in [-0.15, -0.1) is 20.4 Å². The van der Waals surface area contributed by atoms with E-state index in [1.165, 1.54) is 17.3 Å². The lowest BCUT2D eigenvalue weighted by atomic mass is 10.0. The van der Waals surface area contributed by atoms with Crippen LogP contribution in [0.3, 0.4) is 0 Å². The van der Waals surface area contributed by atoms with E-state index in [2.05, 4.69) is 80.4 Å². The number of hydrogen-bond donors (Lipinski definition) is 0. The zero-order valence-electron chi connectivity index (χ0n) is 19.8. The third kappa shape index (κ3) is 4.27. The van der Waals surface area contributed by atoms with Crippen LogP contribution in [0.15, 0.2) is 94.5 Å². The van der Waals surface area contributed by atoms with E-state index < -0.39 is 0 Å².